The Morgan fingerprint density at radius 2 is 2.46 bits per heavy atom. The summed E-state index contributed by atoms with van der Waals surface area (Å²) in [5.41, 5.74) is 8.30. The van der Waals surface area contributed by atoms with E-state index in [4.69, 9.17) is 5.73 Å². The summed E-state index contributed by atoms with van der Waals surface area (Å²) >= 11 is 1.51. The monoisotopic (exact) mass is 199 g/mol. The van der Waals surface area contributed by atoms with Crippen LogP contribution in [0.15, 0.2) is 10.9 Å². The molecule has 1 heterocycles. The first-order chi connectivity index (χ1) is 6.11. The Morgan fingerprint density at radius 3 is 2.92 bits per heavy atom. The molecule has 1 aromatic heterocycles. The van der Waals surface area contributed by atoms with Gasteiger partial charge in [0.25, 0.3) is 0 Å². The smallest absolute Gasteiger partial charge is 0.239 e. The van der Waals surface area contributed by atoms with Crippen molar-refractivity contribution in [2.75, 3.05) is 14.1 Å². The van der Waals surface area contributed by atoms with Gasteiger partial charge in [0.15, 0.2) is 0 Å². The molecule has 5 heteroatoms. The second kappa shape index (κ2) is 4.34. The minimum Gasteiger partial charge on any atom is -0.347 e. The highest BCUT2D eigenvalue weighted by atomic mass is 32.1. The van der Waals surface area contributed by atoms with Gasteiger partial charge in [0, 0.05) is 25.9 Å². The number of nitrogens with zero attached hydrogens (tertiary/aromatic N) is 2. The van der Waals surface area contributed by atoms with E-state index in [2.05, 4.69) is 4.98 Å². The van der Waals surface area contributed by atoms with Gasteiger partial charge in [-0.15, -0.1) is 11.3 Å². The van der Waals surface area contributed by atoms with Crippen LogP contribution in [0.1, 0.15) is 5.69 Å². The summed E-state index contributed by atoms with van der Waals surface area (Å²) in [6.07, 6.45) is 0.514. The average Bonchev–Trinajstić information content (AvgIpc) is 2.55. The van der Waals surface area contributed by atoms with Gasteiger partial charge in [0.1, 0.15) is 0 Å². The van der Waals surface area contributed by atoms with Gasteiger partial charge in [-0.1, -0.05) is 0 Å². The number of amides is 1. The zero-order chi connectivity index (χ0) is 9.84. The molecule has 1 atom stereocenters. The standard InChI is InChI=1S/C8H13N3OS/c1-11(2)8(12)7(9)3-6-4-13-5-10-6/h4-5,7H,3,9H2,1-2H3/t7-/m0/s1. The molecule has 2 N–H and O–H groups in total. The Morgan fingerprint density at radius 1 is 1.77 bits per heavy atom. The summed E-state index contributed by atoms with van der Waals surface area (Å²) in [5, 5.41) is 1.91. The van der Waals surface area contributed by atoms with Crippen molar-refractivity contribution in [2.45, 2.75) is 12.5 Å². The van der Waals surface area contributed by atoms with Crippen molar-refractivity contribution in [2.24, 2.45) is 5.73 Å². The molecular weight excluding hydrogens is 186 g/mol. The van der Waals surface area contributed by atoms with Crippen LogP contribution in [0.5, 0.6) is 0 Å². The first-order valence-electron chi connectivity index (χ1n) is 3.95. The van der Waals surface area contributed by atoms with E-state index in [0.717, 1.165) is 5.69 Å². The third-order valence-electron chi connectivity index (χ3n) is 1.67. The Labute approximate surface area is 81.4 Å². The van der Waals surface area contributed by atoms with Crippen LogP contribution in [0.25, 0.3) is 0 Å². The number of aromatic nitrogens is 1. The molecule has 4 nitrogen and oxygen atoms in total. The fraction of sp³-hybridized carbons (Fsp3) is 0.500. The number of rotatable bonds is 3. The van der Waals surface area contributed by atoms with E-state index in [1.54, 1.807) is 19.6 Å². The molecule has 0 fully saturated rings. The van der Waals surface area contributed by atoms with E-state index < -0.39 is 6.04 Å². The lowest BCUT2D eigenvalue weighted by molar-refractivity contribution is -0.130. The number of carbonyl (C=O) groups excluding carboxylic acids is 1. The van der Waals surface area contributed by atoms with Gasteiger partial charge in [-0.3, -0.25) is 4.79 Å². The fourth-order valence-electron chi connectivity index (χ4n) is 0.983. The second-order valence-electron chi connectivity index (χ2n) is 3.02. The molecule has 0 radical (unpaired) electrons. The Hall–Kier alpha value is -0.940. The molecule has 1 aromatic rings. The maximum atomic E-state index is 11.3. The minimum absolute atomic E-state index is 0.0620. The van der Waals surface area contributed by atoms with Crippen LogP contribution < -0.4 is 5.73 Å². The number of hydrogen-bond donors (Lipinski definition) is 1. The molecule has 0 saturated carbocycles. The number of carbonyl (C=O) groups is 1. The lowest BCUT2D eigenvalue weighted by atomic mass is 10.1. The third kappa shape index (κ3) is 2.78. The Kier molecular flexibility index (Phi) is 3.39. The predicted molar refractivity (Wildman–Crippen MR) is 52.5 cm³/mol. The van der Waals surface area contributed by atoms with Gasteiger partial charge in [-0.2, -0.15) is 0 Å². The maximum Gasteiger partial charge on any atom is 0.239 e. The predicted octanol–water partition coefficient (Wildman–Crippen LogP) is 0.101. The van der Waals surface area contributed by atoms with Gasteiger partial charge in [-0.05, 0) is 0 Å². The number of nitrogens with two attached hydrogens (primary N) is 1. The molecule has 0 saturated heterocycles. The molecule has 0 aliphatic heterocycles. The largest absolute Gasteiger partial charge is 0.347 e. The molecule has 0 bridgehead atoms. The fourth-order valence-corrected chi connectivity index (χ4v) is 1.55. The first kappa shape index (κ1) is 10.1. The van der Waals surface area contributed by atoms with Crippen LogP contribution in [0.2, 0.25) is 0 Å². The normalized spacial score (nSPS) is 12.5. The van der Waals surface area contributed by atoms with Crippen molar-refractivity contribution in [3.05, 3.63) is 16.6 Å². The summed E-state index contributed by atoms with van der Waals surface area (Å²) in [7, 11) is 3.40. The van der Waals surface area contributed by atoms with E-state index in [0.29, 0.717) is 6.42 Å². The van der Waals surface area contributed by atoms with Crippen molar-refractivity contribution in [3.8, 4) is 0 Å². The number of likely N-dealkylation sites (N-methyl/N-ethyl adjacent to an activating group) is 1. The Balaban J connectivity index is 2.51. The molecule has 0 aromatic carbocycles. The molecule has 1 amide bonds. The number of hydrogen-bond acceptors (Lipinski definition) is 4. The van der Waals surface area contributed by atoms with Crippen LogP contribution in [0.4, 0.5) is 0 Å². The van der Waals surface area contributed by atoms with Crippen LogP contribution >= 0.6 is 11.3 Å². The summed E-state index contributed by atoms with van der Waals surface area (Å²) < 4.78 is 0. The topological polar surface area (TPSA) is 59.2 Å². The van der Waals surface area contributed by atoms with Crippen molar-refractivity contribution < 1.29 is 4.79 Å². The lowest BCUT2D eigenvalue weighted by Crippen LogP contribution is -2.41. The third-order valence-corrected chi connectivity index (χ3v) is 2.31. The zero-order valence-electron chi connectivity index (χ0n) is 7.73. The zero-order valence-corrected chi connectivity index (χ0v) is 8.54. The summed E-state index contributed by atoms with van der Waals surface area (Å²) in [6, 6.07) is -0.475. The highest BCUT2D eigenvalue weighted by Crippen LogP contribution is 2.04. The molecular formula is C8H13N3OS. The summed E-state index contributed by atoms with van der Waals surface area (Å²) in [6.45, 7) is 0. The maximum absolute atomic E-state index is 11.3. The van der Waals surface area contributed by atoms with Crippen molar-refractivity contribution in [3.63, 3.8) is 0 Å². The summed E-state index contributed by atoms with van der Waals surface area (Å²) in [4.78, 5) is 16.9. The average molecular weight is 199 g/mol. The molecule has 13 heavy (non-hydrogen) atoms. The molecule has 0 aliphatic carbocycles. The molecule has 0 spiro atoms. The van der Waals surface area contributed by atoms with Crippen molar-refractivity contribution >= 4 is 17.2 Å². The quantitative estimate of drug-likeness (QED) is 0.751. The van der Waals surface area contributed by atoms with Gasteiger partial charge in [0.2, 0.25) is 5.91 Å². The summed E-state index contributed by atoms with van der Waals surface area (Å²) in [5.74, 6) is -0.0620. The SMILES string of the molecule is CN(C)C(=O)[C@@H](N)Cc1cscn1. The minimum atomic E-state index is -0.475. The number of thiazole rings is 1. The molecule has 72 valence electrons. The lowest BCUT2D eigenvalue weighted by Gasteiger charge is -2.15. The van der Waals surface area contributed by atoms with Crippen LogP contribution in [0, 0.1) is 0 Å². The highest BCUT2D eigenvalue weighted by molar-refractivity contribution is 7.07. The molecule has 0 aliphatic rings. The highest BCUT2D eigenvalue weighted by Gasteiger charge is 2.16. The van der Waals surface area contributed by atoms with E-state index in [9.17, 15) is 4.79 Å². The van der Waals surface area contributed by atoms with Crippen molar-refractivity contribution in [1.82, 2.24) is 9.88 Å². The molecule has 0 unspecified atom stereocenters. The Bertz CT molecular complexity index is 271. The van der Waals surface area contributed by atoms with Gasteiger partial charge in [-0.25, -0.2) is 4.98 Å². The molecule has 1 rings (SSSR count). The van der Waals surface area contributed by atoms with E-state index >= 15 is 0 Å². The van der Waals surface area contributed by atoms with Gasteiger partial charge < -0.3 is 10.6 Å². The van der Waals surface area contributed by atoms with Crippen LogP contribution in [-0.2, 0) is 11.2 Å². The van der Waals surface area contributed by atoms with E-state index in [-0.39, 0.29) is 5.91 Å². The van der Waals surface area contributed by atoms with Crippen molar-refractivity contribution in [1.29, 1.82) is 0 Å². The second-order valence-corrected chi connectivity index (χ2v) is 3.74. The van der Waals surface area contributed by atoms with E-state index in [1.807, 2.05) is 5.38 Å². The van der Waals surface area contributed by atoms with E-state index in [1.165, 1.54) is 16.2 Å². The van der Waals surface area contributed by atoms with Crippen LogP contribution in [0.3, 0.4) is 0 Å². The first-order valence-corrected chi connectivity index (χ1v) is 4.89. The van der Waals surface area contributed by atoms with Gasteiger partial charge in [0.05, 0.1) is 17.2 Å². The van der Waals surface area contributed by atoms with Crippen LogP contribution in [-0.4, -0.2) is 35.9 Å². The van der Waals surface area contributed by atoms with Gasteiger partial charge >= 0.3 is 0 Å².